The number of rotatable bonds is 7. The van der Waals surface area contributed by atoms with Gasteiger partial charge < -0.3 is 29.0 Å². The number of aliphatic hydroxyl groups excluding tert-OH is 1. The number of likely N-dealkylation sites (tertiary alicyclic amines) is 1. The molecule has 0 radical (unpaired) electrons. The third-order valence-corrected chi connectivity index (χ3v) is 6.06. The van der Waals surface area contributed by atoms with Gasteiger partial charge >= 0.3 is 0 Å². The van der Waals surface area contributed by atoms with Crippen molar-refractivity contribution in [3.63, 3.8) is 0 Å². The van der Waals surface area contributed by atoms with Crippen LogP contribution in [0, 0.1) is 0 Å². The number of aliphatic hydroxyl groups is 1. The number of carbonyl (C=O) groups is 2. The van der Waals surface area contributed by atoms with Crippen LogP contribution in [0.2, 0.25) is 0 Å². The van der Waals surface area contributed by atoms with Crippen LogP contribution >= 0.6 is 0 Å². The highest BCUT2D eigenvalue weighted by Gasteiger charge is 2.48. The lowest BCUT2D eigenvalue weighted by Crippen LogP contribution is -2.36. The fraction of sp³-hybridized carbons (Fsp3) is 0.360. The van der Waals surface area contributed by atoms with Crippen LogP contribution < -0.4 is 14.2 Å². The Morgan fingerprint density at radius 3 is 2.33 bits per heavy atom. The number of methoxy groups -OCH3 is 3. The van der Waals surface area contributed by atoms with E-state index in [9.17, 15) is 14.7 Å². The Balaban J connectivity index is 1.88. The van der Waals surface area contributed by atoms with E-state index >= 15 is 0 Å². The van der Waals surface area contributed by atoms with Gasteiger partial charge in [0.1, 0.15) is 23.0 Å². The average molecular weight is 453 g/mol. The summed E-state index contributed by atoms with van der Waals surface area (Å²) in [4.78, 5) is 27.8. The molecule has 2 fully saturated rings. The second-order valence-electron chi connectivity index (χ2n) is 7.92. The number of nitrogens with zero attached hydrogens (tertiary/aromatic N) is 1. The van der Waals surface area contributed by atoms with Gasteiger partial charge in [-0.15, -0.1) is 0 Å². The van der Waals surface area contributed by atoms with Crippen LogP contribution in [0.5, 0.6) is 17.2 Å². The Morgan fingerprint density at radius 1 is 1.03 bits per heavy atom. The van der Waals surface area contributed by atoms with Gasteiger partial charge in [-0.3, -0.25) is 9.59 Å². The maximum atomic E-state index is 13.2. The molecule has 0 unspecified atom stereocenters. The predicted molar refractivity (Wildman–Crippen MR) is 121 cm³/mol. The Hall–Kier alpha value is -3.52. The predicted octanol–water partition coefficient (Wildman–Crippen LogP) is 3.31. The van der Waals surface area contributed by atoms with Crippen molar-refractivity contribution in [1.29, 1.82) is 0 Å². The van der Waals surface area contributed by atoms with Crippen molar-refractivity contribution in [3.8, 4) is 17.2 Å². The van der Waals surface area contributed by atoms with Crippen LogP contribution in [0.15, 0.2) is 48.0 Å². The van der Waals surface area contributed by atoms with Crippen LogP contribution in [0.25, 0.3) is 5.76 Å². The summed E-state index contributed by atoms with van der Waals surface area (Å²) < 4.78 is 21.8. The monoisotopic (exact) mass is 453 g/mol. The molecule has 0 bridgehead atoms. The van der Waals surface area contributed by atoms with E-state index in [1.54, 1.807) is 49.6 Å². The zero-order chi connectivity index (χ0) is 23.5. The third-order valence-electron chi connectivity index (χ3n) is 6.06. The molecule has 2 aliphatic rings. The molecule has 174 valence electrons. The van der Waals surface area contributed by atoms with Crippen LogP contribution in [0.3, 0.4) is 0 Å². The molecule has 2 aromatic carbocycles. The molecule has 0 spiro atoms. The minimum atomic E-state index is -0.860. The van der Waals surface area contributed by atoms with E-state index in [4.69, 9.17) is 18.9 Å². The molecule has 4 rings (SSSR count). The zero-order valence-corrected chi connectivity index (χ0v) is 18.9. The second kappa shape index (κ2) is 9.54. The number of ether oxygens (including phenoxy) is 4. The van der Waals surface area contributed by atoms with Gasteiger partial charge in [0.05, 0.1) is 39.0 Å². The Kier molecular flexibility index (Phi) is 6.55. The molecule has 0 aliphatic carbocycles. The summed E-state index contributed by atoms with van der Waals surface area (Å²) in [7, 11) is 4.59. The van der Waals surface area contributed by atoms with Gasteiger partial charge in [0.2, 0.25) is 0 Å². The lowest BCUT2D eigenvalue weighted by molar-refractivity contribution is -0.140. The van der Waals surface area contributed by atoms with Crippen LogP contribution in [-0.2, 0) is 14.3 Å². The van der Waals surface area contributed by atoms with Crippen molar-refractivity contribution in [2.24, 2.45) is 0 Å². The lowest BCUT2D eigenvalue weighted by atomic mass is 9.94. The van der Waals surface area contributed by atoms with E-state index < -0.39 is 17.7 Å². The molecule has 1 amide bonds. The Labute approximate surface area is 192 Å². The molecule has 2 saturated heterocycles. The van der Waals surface area contributed by atoms with E-state index in [0.717, 1.165) is 12.8 Å². The minimum absolute atomic E-state index is 0.00489. The summed E-state index contributed by atoms with van der Waals surface area (Å²) >= 11 is 0. The molecule has 0 saturated carbocycles. The van der Waals surface area contributed by atoms with Gasteiger partial charge in [-0.1, -0.05) is 0 Å². The number of carbonyl (C=O) groups excluding carboxylic acids is 2. The van der Waals surface area contributed by atoms with Crippen molar-refractivity contribution in [2.75, 3.05) is 34.5 Å². The minimum Gasteiger partial charge on any atom is -0.507 e. The van der Waals surface area contributed by atoms with Crippen molar-refractivity contribution < 1.29 is 33.6 Å². The van der Waals surface area contributed by atoms with Crippen molar-refractivity contribution in [2.45, 2.75) is 25.0 Å². The highest BCUT2D eigenvalue weighted by Crippen LogP contribution is 2.44. The molecular weight excluding hydrogens is 426 g/mol. The van der Waals surface area contributed by atoms with Crippen LogP contribution in [0.1, 0.15) is 30.0 Å². The first-order valence-electron chi connectivity index (χ1n) is 10.7. The number of Topliss-reactive ketones (excluding diaryl/α,β-unsaturated/α-hetero) is 1. The van der Waals surface area contributed by atoms with Gasteiger partial charge in [-0.05, 0) is 55.3 Å². The standard InChI is InChI=1S/C25H27NO7/c1-30-16-8-6-15(7-9-16)23(27)21-22(19-13-17(31-2)10-11-20(19)32-3)26(25(29)24(21)28)14-18-5-4-12-33-18/h6-11,13,18,22,27H,4-5,12,14H2,1-3H3/b23-21+/t18-,22+/m1/s1. The molecule has 2 aromatic rings. The summed E-state index contributed by atoms with van der Waals surface area (Å²) in [6, 6.07) is 11.0. The highest BCUT2D eigenvalue weighted by atomic mass is 16.5. The highest BCUT2D eigenvalue weighted by molar-refractivity contribution is 6.46. The normalized spacial score (nSPS) is 22.0. The number of amides is 1. The molecule has 1 N–H and O–H groups in total. The first kappa shape index (κ1) is 22.7. The fourth-order valence-electron chi connectivity index (χ4n) is 4.36. The van der Waals surface area contributed by atoms with Crippen LogP contribution in [-0.4, -0.2) is 62.3 Å². The third kappa shape index (κ3) is 4.26. The van der Waals surface area contributed by atoms with Gasteiger partial charge in [0.25, 0.3) is 11.7 Å². The van der Waals surface area contributed by atoms with Crippen molar-refractivity contribution in [1.82, 2.24) is 4.90 Å². The average Bonchev–Trinajstić information content (AvgIpc) is 3.45. The number of hydrogen-bond donors (Lipinski definition) is 1. The lowest BCUT2D eigenvalue weighted by Gasteiger charge is -2.28. The van der Waals surface area contributed by atoms with E-state index in [-0.39, 0.29) is 24.0 Å². The van der Waals surface area contributed by atoms with Gasteiger partial charge in [-0.2, -0.15) is 0 Å². The van der Waals surface area contributed by atoms with E-state index in [0.29, 0.717) is 35.0 Å². The van der Waals surface area contributed by atoms with Crippen molar-refractivity contribution >= 4 is 17.4 Å². The first-order chi connectivity index (χ1) is 16.0. The number of hydrogen-bond acceptors (Lipinski definition) is 7. The van der Waals surface area contributed by atoms with Crippen molar-refractivity contribution in [3.05, 3.63) is 59.2 Å². The summed E-state index contributed by atoms with van der Waals surface area (Å²) in [6.07, 6.45) is 1.51. The molecule has 0 aromatic heterocycles. The van der Waals surface area contributed by atoms with E-state index in [1.165, 1.54) is 19.1 Å². The van der Waals surface area contributed by atoms with Crippen LogP contribution in [0.4, 0.5) is 0 Å². The Bertz CT molecular complexity index is 1070. The summed E-state index contributed by atoms with van der Waals surface area (Å²) in [5.41, 5.74) is 0.941. The summed E-state index contributed by atoms with van der Waals surface area (Å²) in [5.74, 6) is -0.0811. The second-order valence-corrected chi connectivity index (χ2v) is 7.92. The molecule has 2 heterocycles. The molecule has 8 heteroatoms. The maximum absolute atomic E-state index is 13.2. The van der Waals surface area contributed by atoms with E-state index in [1.807, 2.05) is 0 Å². The van der Waals surface area contributed by atoms with Gasteiger partial charge in [0.15, 0.2) is 0 Å². The summed E-state index contributed by atoms with van der Waals surface area (Å²) in [5, 5.41) is 11.2. The fourth-order valence-corrected chi connectivity index (χ4v) is 4.36. The Morgan fingerprint density at radius 2 is 1.73 bits per heavy atom. The quantitative estimate of drug-likeness (QED) is 0.390. The smallest absolute Gasteiger partial charge is 0.295 e. The summed E-state index contributed by atoms with van der Waals surface area (Å²) in [6.45, 7) is 0.850. The van der Waals surface area contributed by atoms with Gasteiger partial charge in [-0.25, -0.2) is 0 Å². The molecule has 2 atom stereocenters. The van der Waals surface area contributed by atoms with Gasteiger partial charge in [0, 0.05) is 24.3 Å². The molecule has 33 heavy (non-hydrogen) atoms. The largest absolute Gasteiger partial charge is 0.507 e. The molecule has 2 aliphatic heterocycles. The topological polar surface area (TPSA) is 94.5 Å². The zero-order valence-electron chi connectivity index (χ0n) is 18.9. The SMILES string of the molecule is COc1ccc(/C(O)=C2\C(=O)C(=O)N(C[C@H]3CCCO3)[C@H]2c2cc(OC)ccc2OC)cc1. The molecular formula is C25H27NO7. The first-order valence-corrected chi connectivity index (χ1v) is 10.7. The maximum Gasteiger partial charge on any atom is 0.295 e. The van der Waals surface area contributed by atoms with E-state index in [2.05, 4.69) is 0 Å². The number of ketones is 1. The molecule has 8 nitrogen and oxygen atoms in total. The number of benzene rings is 2.